The van der Waals surface area contributed by atoms with Crippen LogP contribution in [-0.4, -0.2) is 26.1 Å². The van der Waals surface area contributed by atoms with Gasteiger partial charge in [0.2, 0.25) is 5.91 Å². The van der Waals surface area contributed by atoms with Crippen LogP contribution in [0.1, 0.15) is 11.1 Å². The summed E-state index contributed by atoms with van der Waals surface area (Å²) in [4.78, 5) is 12.0. The molecule has 2 aromatic carbocycles. The van der Waals surface area contributed by atoms with E-state index in [0.717, 1.165) is 16.9 Å². The van der Waals surface area contributed by atoms with Crippen molar-refractivity contribution in [1.29, 1.82) is 0 Å². The Balaban J connectivity index is 1.98. The van der Waals surface area contributed by atoms with E-state index in [4.69, 9.17) is 4.74 Å². The Morgan fingerprint density at radius 1 is 1.05 bits per heavy atom. The SMILES string of the molecule is CNC(=O)[C@H](Cc1ccccc1)NCc1ccc(OC)cc1. The van der Waals surface area contributed by atoms with Gasteiger partial charge in [0, 0.05) is 13.6 Å². The lowest BCUT2D eigenvalue weighted by molar-refractivity contribution is -0.122. The van der Waals surface area contributed by atoms with Crippen LogP contribution in [0.3, 0.4) is 0 Å². The van der Waals surface area contributed by atoms with Gasteiger partial charge in [-0.05, 0) is 29.7 Å². The minimum atomic E-state index is -0.255. The van der Waals surface area contributed by atoms with Crippen molar-refractivity contribution in [2.75, 3.05) is 14.2 Å². The molecule has 0 fully saturated rings. The molecule has 0 heterocycles. The van der Waals surface area contributed by atoms with Crippen molar-refractivity contribution in [3.8, 4) is 5.75 Å². The summed E-state index contributed by atoms with van der Waals surface area (Å²) in [6, 6.07) is 17.6. The topological polar surface area (TPSA) is 50.4 Å². The molecule has 4 nitrogen and oxygen atoms in total. The summed E-state index contributed by atoms with van der Waals surface area (Å²) in [7, 11) is 3.31. The second kappa shape index (κ2) is 8.20. The first-order valence-corrected chi connectivity index (χ1v) is 7.34. The number of carbonyl (C=O) groups excluding carboxylic acids is 1. The summed E-state index contributed by atoms with van der Waals surface area (Å²) in [5.41, 5.74) is 2.25. The van der Waals surface area contributed by atoms with E-state index in [1.807, 2.05) is 54.6 Å². The fourth-order valence-corrected chi connectivity index (χ4v) is 2.27. The number of amides is 1. The van der Waals surface area contributed by atoms with E-state index in [1.165, 1.54) is 0 Å². The van der Waals surface area contributed by atoms with Crippen LogP contribution in [-0.2, 0) is 17.8 Å². The van der Waals surface area contributed by atoms with E-state index in [-0.39, 0.29) is 11.9 Å². The van der Waals surface area contributed by atoms with E-state index in [0.29, 0.717) is 13.0 Å². The van der Waals surface area contributed by atoms with Gasteiger partial charge in [0.15, 0.2) is 0 Å². The summed E-state index contributed by atoms with van der Waals surface area (Å²) in [5.74, 6) is 0.827. The van der Waals surface area contributed by atoms with Gasteiger partial charge >= 0.3 is 0 Å². The molecule has 0 aromatic heterocycles. The highest BCUT2D eigenvalue weighted by Crippen LogP contribution is 2.11. The molecule has 2 N–H and O–H groups in total. The number of hydrogen-bond acceptors (Lipinski definition) is 3. The molecule has 116 valence electrons. The van der Waals surface area contributed by atoms with Gasteiger partial charge in [-0.2, -0.15) is 0 Å². The summed E-state index contributed by atoms with van der Waals surface area (Å²) in [6.45, 7) is 0.634. The molecule has 0 aliphatic heterocycles. The highest BCUT2D eigenvalue weighted by atomic mass is 16.5. The lowest BCUT2D eigenvalue weighted by atomic mass is 10.0. The number of methoxy groups -OCH3 is 1. The zero-order valence-electron chi connectivity index (χ0n) is 13.0. The highest BCUT2D eigenvalue weighted by Gasteiger charge is 2.16. The van der Waals surface area contributed by atoms with Crippen molar-refractivity contribution in [2.24, 2.45) is 0 Å². The second-order valence-corrected chi connectivity index (χ2v) is 5.09. The molecule has 2 rings (SSSR count). The van der Waals surface area contributed by atoms with Gasteiger partial charge in [0.05, 0.1) is 13.2 Å². The first-order chi connectivity index (χ1) is 10.7. The number of ether oxygens (including phenoxy) is 1. The largest absolute Gasteiger partial charge is 0.497 e. The Bertz CT molecular complexity index is 582. The van der Waals surface area contributed by atoms with Gasteiger partial charge in [0.1, 0.15) is 5.75 Å². The number of carbonyl (C=O) groups is 1. The Labute approximate surface area is 131 Å². The standard InChI is InChI=1S/C18H22N2O2/c1-19-18(21)17(12-14-6-4-3-5-7-14)20-13-15-8-10-16(22-2)11-9-15/h3-11,17,20H,12-13H2,1-2H3,(H,19,21)/t17-/m0/s1. The molecule has 22 heavy (non-hydrogen) atoms. The third kappa shape index (κ3) is 4.60. The number of rotatable bonds is 7. The van der Waals surface area contributed by atoms with Crippen LogP contribution in [0.4, 0.5) is 0 Å². The van der Waals surface area contributed by atoms with Crippen molar-refractivity contribution < 1.29 is 9.53 Å². The summed E-state index contributed by atoms with van der Waals surface area (Å²) >= 11 is 0. The Hall–Kier alpha value is -2.33. The minimum absolute atomic E-state index is 0.00244. The number of nitrogens with one attached hydrogen (secondary N) is 2. The van der Waals surface area contributed by atoms with Gasteiger partial charge in [-0.3, -0.25) is 4.79 Å². The zero-order valence-corrected chi connectivity index (χ0v) is 13.0. The average molecular weight is 298 g/mol. The monoisotopic (exact) mass is 298 g/mol. The zero-order chi connectivity index (χ0) is 15.8. The Morgan fingerprint density at radius 2 is 1.73 bits per heavy atom. The van der Waals surface area contributed by atoms with E-state index in [2.05, 4.69) is 10.6 Å². The molecular weight excluding hydrogens is 276 g/mol. The maximum absolute atomic E-state index is 12.0. The lowest BCUT2D eigenvalue weighted by Gasteiger charge is -2.17. The third-order valence-electron chi connectivity index (χ3n) is 3.56. The normalized spacial score (nSPS) is 11.7. The lowest BCUT2D eigenvalue weighted by Crippen LogP contribution is -2.44. The summed E-state index contributed by atoms with van der Waals surface area (Å²) in [5, 5.41) is 6.04. The molecule has 0 spiro atoms. The van der Waals surface area contributed by atoms with Crippen LogP contribution in [0.25, 0.3) is 0 Å². The second-order valence-electron chi connectivity index (χ2n) is 5.09. The van der Waals surface area contributed by atoms with Crippen molar-refractivity contribution in [1.82, 2.24) is 10.6 Å². The molecule has 0 radical (unpaired) electrons. The number of likely N-dealkylation sites (N-methyl/N-ethyl adjacent to an activating group) is 1. The van der Waals surface area contributed by atoms with Crippen molar-refractivity contribution in [3.05, 3.63) is 65.7 Å². The summed E-state index contributed by atoms with van der Waals surface area (Å²) in [6.07, 6.45) is 0.663. The van der Waals surface area contributed by atoms with E-state index >= 15 is 0 Å². The molecule has 0 aliphatic rings. The Morgan fingerprint density at radius 3 is 2.32 bits per heavy atom. The number of hydrogen-bond donors (Lipinski definition) is 2. The van der Waals surface area contributed by atoms with Gasteiger partial charge in [-0.1, -0.05) is 42.5 Å². The predicted octanol–water partition coefficient (Wildman–Crippen LogP) is 2.14. The van der Waals surface area contributed by atoms with Crippen molar-refractivity contribution in [2.45, 2.75) is 19.0 Å². The fourth-order valence-electron chi connectivity index (χ4n) is 2.27. The van der Waals surface area contributed by atoms with Gasteiger partial charge in [-0.25, -0.2) is 0 Å². The van der Waals surface area contributed by atoms with E-state index < -0.39 is 0 Å². The quantitative estimate of drug-likeness (QED) is 0.823. The molecular formula is C18H22N2O2. The Kier molecular flexibility index (Phi) is 5.98. The third-order valence-corrected chi connectivity index (χ3v) is 3.56. The average Bonchev–Trinajstić information content (AvgIpc) is 2.59. The fraction of sp³-hybridized carbons (Fsp3) is 0.278. The predicted molar refractivity (Wildman–Crippen MR) is 87.8 cm³/mol. The van der Waals surface area contributed by atoms with Crippen LogP contribution >= 0.6 is 0 Å². The van der Waals surface area contributed by atoms with Crippen LogP contribution in [0.5, 0.6) is 5.75 Å². The summed E-state index contributed by atoms with van der Waals surface area (Å²) < 4.78 is 5.14. The first kappa shape index (κ1) is 16.0. The van der Waals surface area contributed by atoms with Crippen LogP contribution in [0, 0.1) is 0 Å². The smallest absolute Gasteiger partial charge is 0.237 e. The van der Waals surface area contributed by atoms with Crippen LogP contribution in [0.2, 0.25) is 0 Å². The molecule has 0 unspecified atom stereocenters. The van der Waals surface area contributed by atoms with E-state index in [1.54, 1.807) is 14.2 Å². The van der Waals surface area contributed by atoms with E-state index in [9.17, 15) is 4.79 Å². The molecule has 2 aromatic rings. The molecule has 0 bridgehead atoms. The van der Waals surface area contributed by atoms with Gasteiger partial charge in [-0.15, -0.1) is 0 Å². The van der Waals surface area contributed by atoms with Crippen molar-refractivity contribution >= 4 is 5.91 Å². The van der Waals surface area contributed by atoms with Gasteiger partial charge < -0.3 is 15.4 Å². The van der Waals surface area contributed by atoms with Crippen molar-refractivity contribution in [3.63, 3.8) is 0 Å². The van der Waals surface area contributed by atoms with Crippen LogP contribution < -0.4 is 15.4 Å². The maximum Gasteiger partial charge on any atom is 0.237 e. The highest BCUT2D eigenvalue weighted by molar-refractivity contribution is 5.81. The molecule has 1 amide bonds. The maximum atomic E-state index is 12.0. The first-order valence-electron chi connectivity index (χ1n) is 7.34. The molecule has 1 atom stereocenters. The molecule has 0 saturated heterocycles. The molecule has 0 aliphatic carbocycles. The molecule has 4 heteroatoms. The van der Waals surface area contributed by atoms with Gasteiger partial charge in [0.25, 0.3) is 0 Å². The molecule has 0 saturated carbocycles. The number of benzene rings is 2. The minimum Gasteiger partial charge on any atom is -0.497 e. The van der Waals surface area contributed by atoms with Crippen LogP contribution in [0.15, 0.2) is 54.6 Å².